The van der Waals surface area contributed by atoms with Crippen molar-refractivity contribution in [2.75, 3.05) is 55.5 Å². The molecule has 1 saturated heterocycles. The van der Waals surface area contributed by atoms with Gasteiger partial charge in [-0.15, -0.1) is 0 Å². The van der Waals surface area contributed by atoms with Crippen molar-refractivity contribution in [3.8, 4) is 0 Å². The van der Waals surface area contributed by atoms with Crippen molar-refractivity contribution in [3.05, 3.63) is 54.1 Å². The van der Waals surface area contributed by atoms with Gasteiger partial charge < -0.3 is 25.0 Å². The van der Waals surface area contributed by atoms with Gasteiger partial charge in [0.15, 0.2) is 0 Å². The van der Waals surface area contributed by atoms with E-state index in [2.05, 4.69) is 20.3 Å². The minimum atomic E-state index is -0.389. The first-order chi connectivity index (χ1) is 13.2. The average molecular weight is 369 g/mol. The average Bonchev–Trinajstić information content (AvgIpc) is 2.73. The van der Waals surface area contributed by atoms with Crippen LogP contribution >= 0.6 is 0 Å². The SMILES string of the molecule is COC(=O)c1ccc(NCC(=O)Nc2ccc(N3CCOCC3)cc2)cc1. The second kappa shape index (κ2) is 9.05. The predicted molar refractivity (Wildman–Crippen MR) is 104 cm³/mol. The van der Waals surface area contributed by atoms with Crippen LogP contribution in [0.15, 0.2) is 48.5 Å². The van der Waals surface area contributed by atoms with Gasteiger partial charge in [0, 0.05) is 30.2 Å². The van der Waals surface area contributed by atoms with Crippen LogP contribution < -0.4 is 15.5 Å². The zero-order valence-electron chi connectivity index (χ0n) is 15.2. The first kappa shape index (κ1) is 18.7. The summed E-state index contributed by atoms with van der Waals surface area (Å²) in [5.41, 5.74) is 3.09. The highest BCUT2D eigenvalue weighted by atomic mass is 16.5. The van der Waals surface area contributed by atoms with Crippen LogP contribution in [-0.2, 0) is 14.3 Å². The minimum absolute atomic E-state index is 0.128. The fourth-order valence-electron chi connectivity index (χ4n) is 2.81. The molecule has 142 valence electrons. The first-order valence-electron chi connectivity index (χ1n) is 8.80. The van der Waals surface area contributed by atoms with Gasteiger partial charge in [-0.3, -0.25) is 4.79 Å². The summed E-state index contributed by atoms with van der Waals surface area (Å²) in [6.45, 7) is 3.37. The van der Waals surface area contributed by atoms with E-state index in [0.29, 0.717) is 5.56 Å². The Morgan fingerprint density at radius 3 is 2.26 bits per heavy atom. The van der Waals surface area contributed by atoms with E-state index in [1.807, 2.05) is 24.3 Å². The summed E-state index contributed by atoms with van der Waals surface area (Å²) in [6, 6.07) is 14.6. The molecule has 0 aromatic heterocycles. The molecule has 2 aromatic carbocycles. The van der Waals surface area contributed by atoms with E-state index in [-0.39, 0.29) is 18.4 Å². The number of nitrogens with one attached hydrogen (secondary N) is 2. The molecule has 1 fully saturated rings. The van der Waals surface area contributed by atoms with Gasteiger partial charge in [0.25, 0.3) is 0 Å². The van der Waals surface area contributed by atoms with E-state index in [1.165, 1.54) is 7.11 Å². The zero-order valence-corrected chi connectivity index (χ0v) is 15.2. The van der Waals surface area contributed by atoms with Crippen LogP contribution in [0, 0.1) is 0 Å². The Labute approximate surface area is 158 Å². The van der Waals surface area contributed by atoms with Crippen molar-refractivity contribution in [2.45, 2.75) is 0 Å². The number of anilines is 3. The Morgan fingerprint density at radius 2 is 1.63 bits per heavy atom. The van der Waals surface area contributed by atoms with Gasteiger partial charge in [-0.2, -0.15) is 0 Å². The number of methoxy groups -OCH3 is 1. The van der Waals surface area contributed by atoms with E-state index in [0.717, 1.165) is 43.4 Å². The Kier molecular flexibility index (Phi) is 6.27. The predicted octanol–water partition coefficient (Wildman–Crippen LogP) is 2.36. The smallest absolute Gasteiger partial charge is 0.337 e. The maximum absolute atomic E-state index is 12.1. The molecule has 1 aliphatic heterocycles. The Morgan fingerprint density at radius 1 is 1.00 bits per heavy atom. The summed E-state index contributed by atoms with van der Waals surface area (Å²) in [7, 11) is 1.34. The lowest BCUT2D eigenvalue weighted by Crippen LogP contribution is -2.36. The molecule has 3 rings (SSSR count). The number of morpholine rings is 1. The molecule has 1 heterocycles. The van der Waals surface area contributed by atoms with Crippen LogP contribution in [0.4, 0.5) is 17.1 Å². The quantitative estimate of drug-likeness (QED) is 0.761. The third kappa shape index (κ3) is 5.21. The van der Waals surface area contributed by atoms with E-state index in [1.54, 1.807) is 24.3 Å². The number of rotatable bonds is 6. The number of hydrogen-bond acceptors (Lipinski definition) is 6. The molecule has 0 bridgehead atoms. The first-order valence-corrected chi connectivity index (χ1v) is 8.80. The van der Waals surface area contributed by atoms with Gasteiger partial charge in [-0.25, -0.2) is 4.79 Å². The molecule has 7 heteroatoms. The summed E-state index contributed by atoms with van der Waals surface area (Å²) in [4.78, 5) is 25.8. The number of esters is 1. The van der Waals surface area contributed by atoms with Gasteiger partial charge in [0.05, 0.1) is 32.4 Å². The second-order valence-corrected chi connectivity index (χ2v) is 6.12. The molecule has 2 N–H and O–H groups in total. The Bertz CT molecular complexity index is 769. The molecule has 0 radical (unpaired) electrons. The third-order valence-electron chi connectivity index (χ3n) is 4.29. The highest BCUT2D eigenvalue weighted by molar-refractivity contribution is 5.94. The molecular weight excluding hydrogens is 346 g/mol. The molecule has 0 atom stereocenters. The van der Waals surface area contributed by atoms with Crippen LogP contribution in [0.25, 0.3) is 0 Å². The van der Waals surface area contributed by atoms with Gasteiger partial charge in [0.2, 0.25) is 5.91 Å². The molecule has 0 saturated carbocycles. The lowest BCUT2D eigenvalue weighted by atomic mass is 10.2. The molecule has 0 aliphatic carbocycles. The zero-order chi connectivity index (χ0) is 19.1. The maximum Gasteiger partial charge on any atom is 0.337 e. The number of benzene rings is 2. The van der Waals surface area contributed by atoms with Crippen LogP contribution in [0.5, 0.6) is 0 Å². The van der Waals surface area contributed by atoms with Gasteiger partial charge in [0.1, 0.15) is 0 Å². The summed E-state index contributed by atoms with van der Waals surface area (Å²) in [5.74, 6) is -0.536. The van der Waals surface area contributed by atoms with E-state index < -0.39 is 0 Å². The maximum atomic E-state index is 12.1. The van der Waals surface area contributed by atoms with Crippen LogP contribution in [0.1, 0.15) is 10.4 Å². The number of carbonyl (C=O) groups excluding carboxylic acids is 2. The number of hydrogen-bond donors (Lipinski definition) is 2. The molecule has 1 aliphatic rings. The van der Waals surface area contributed by atoms with E-state index in [4.69, 9.17) is 4.74 Å². The third-order valence-corrected chi connectivity index (χ3v) is 4.29. The van der Waals surface area contributed by atoms with Crippen molar-refractivity contribution < 1.29 is 19.1 Å². The lowest BCUT2D eigenvalue weighted by Gasteiger charge is -2.28. The summed E-state index contributed by atoms with van der Waals surface area (Å²) in [5, 5.41) is 5.89. The minimum Gasteiger partial charge on any atom is -0.465 e. The van der Waals surface area contributed by atoms with Crippen LogP contribution in [0.3, 0.4) is 0 Å². The second-order valence-electron chi connectivity index (χ2n) is 6.12. The van der Waals surface area contributed by atoms with Crippen molar-refractivity contribution in [1.29, 1.82) is 0 Å². The topological polar surface area (TPSA) is 79.9 Å². The lowest BCUT2D eigenvalue weighted by molar-refractivity contribution is -0.114. The van der Waals surface area contributed by atoms with Crippen LogP contribution in [0.2, 0.25) is 0 Å². The van der Waals surface area contributed by atoms with Crippen molar-refractivity contribution in [2.24, 2.45) is 0 Å². The summed E-state index contributed by atoms with van der Waals surface area (Å²) >= 11 is 0. The monoisotopic (exact) mass is 369 g/mol. The number of amides is 1. The standard InChI is InChI=1S/C20H23N3O4/c1-26-20(25)15-2-4-16(5-3-15)21-14-19(24)22-17-6-8-18(9-7-17)23-10-12-27-13-11-23/h2-9,21H,10-14H2,1H3,(H,22,24). The molecule has 1 amide bonds. The van der Waals surface area contributed by atoms with E-state index in [9.17, 15) is 9.59 Å². The molecule has 27 heavy (non-hydrogen) atoms. The van der Waals surface area contributed by atoms with Crippen molar-refractivity contribution >= 4 is 28.9 Å². The number of nitrogens with zero attached hydrogens (tertiary/aromatic N) is 1. The van der Waals surface area contributed by atoms with Crippen LogP contribution in [-0.4, -0.2) is 51.8 Å². The number of carbonyl (C=O) groups is 2. The molecular formula is C20H23N3O4. The molecule has 0 spiro atoms. The molecule has 7 nitrogen and oxygen atoms in total. The van der Waals surface area contributed by atoms with Gasteiger partial charge in [-0.05, 0) is 48.5 Å². The summed E-state index contributed by atoms with van der Waals surface area (Å²) < 4.78 is 10.0. The highest BCUT2D eigenvalue weighted by Crippen LogP contribution is 2.19. The summed E-state index contributed by atoms with van der Waals surface area (Å²) in [6.07, 6.45) is 0. The normalized spacial score (nSPS) is 13.7. The van der Waals surface area contributed by atoms with Gasteiger partial charge >= 0.3 is 5.97 Å². The number of ether oxygens (including phenoxy) is 2. The van der Waals surface area contributed by atoms with Gasteiger partial charge in [-0.1, -0.05) is 0 Å². The largest absolute Gasteiger partial charge is 0.465 e. The Hall–Kier alpha value is -3.06. The molecule has 0 unspecified atom stereocenters. The Balaban J connectivity index is 1.48. The van der Waals surface area contributed by atoms with Crippen molar-refractivity contribution in [1.82, 2.24) is 0 Å². The fraction of sp³-hybridized carbons (Fsp3) is 0.300. The van der Waals surface area contributed by atoms with E-state index >= 15 is 0 Å². The molecule has 2 aromatic rings. The van der Waals surface area contributed by atoms with Crippen molar-refractivity contribution in [3.63, 3.8) is 0 Å². The highest BCUT2D eigenvalue weighted by Gasteiger charge is 2.11. The fourth-order valence-corrected chi connectivity index (χ4v) is 2.81.